The van der Waals surface area contributed by atoms with Crippen molar-refractivity contribution >= 4 is 47.2 Å². The van der Waals surface area contributed by atoms with E-state index in [2.05, 4.69) is 31.9 Å². The standard InChI is InChI=1S/C40H67N7O11/c1-27(2)32(48)15-20-55-21-16-33(49)47-34(28(3)4)36(51)46-31(10-8-9-17-43-38(41)53)35(50)45-30-13-11-29(12-14-30)26-58-39(54)44-19-23-57-25-24-56-22-18-42-37(52)40(5,6)7/h11-14,27-28,31,34H,8-10,15-26H2,1-7H3,(H,42,52)(H,44,54)(H,45,50)(H,46,51)(H,47,49)(H3,41,43,53)/t31-,34-/m1/s1. The van der Waals surface area contributed by atoms with Crippen LogP contribution in [0.2, 0.25) is 0 Å². The minimum Gasteiger partial charge on any atom is -0.445 e. The van der Waals surface area contributed by atoms with Gasteiger partial charge in [0.2, 0.25) is 23.6 Å². The first-order chi connectivity index (χ1) is 27.4. The SMILES string of the molecule is CC(C)C(=O)CCOCCC(=O)N[C@@H](C(=O)N[C@H](CCCCNC(N)=O)C(=O)Nc1ccc(COC(=O)NCCOCCOCCNC(=O)C(C)(C)C)cc1)C(C)C. The van der Waals surface area contributed by atoms with Crippen LogP contribution in [0.4, 0.5) is 15.3 Å². The molecule has 1 aromatic carbocycles. The van der Waals surface area contributed by atoms with Crippen LogP contribution in [0, 0.1) is 17.3 Å². The Morgan fingerprint density at radius 2 is 1.29 bits per heavy atom. The van der Waals surface area contributed by atoms with Gasteiger partial charge >= 0.3 is 12.1 Å². The molecule has 0 aliphatic heterocycles. The Morgan fingerprint density at radius 1 is 0.690 bits per heavy atom. The summed E-state index contributed by atoms with van der Waals surface area (Å²) >= 11 is 0. The van der Waals surface area contributed by atoms with E-state index in [9.17, 15) is 33.6 Å². The molecule has 18 nitrogen and oxygen atoms in total. The smallest absolute Gasteiger partial charge is 0.407 e. The summed E-state index contributed by atoms with van der Waals surface area (Å²) in [5.74, 6) is -1.81. The van der Waals surface area contributed by atoms with Crippen molar-refractivity contribution in [2.24, 2.45) is 23.0 Å². The van der Waals surface area contributed by atoms with Gasteiger partial charge in [0.15, 0.2) is 0 Å². The first-order valence-corrected chi connectivity index (χ1v) is 19.9. The summed E-state index contributed by atoms with van der Waals surface area (Å²) in [5, 5.41) is 16.2. The minimum absolute atomic E-state index is 0.0102. The number of hydrogen-bond acceptors (Lipinski definition) is 11. The van der Waals surface area contributed by atoms with E-state index in [1.165, 1.54) is 0 Å². The number of nitrogens with one attached hydrogen (secondary N) is 6. The van der Waals surface area contributed by atoms with E-state index in [0.29, 0.717) is 57.0 Å². The highest BCUT2D eigenvalue weighted by Crippen LogP contribution is 2.14. The highest BCUT2D eigenvalue weighted by Gasteiger charge is 2.29. The zero-order valence-corrected chi connectivity index (χ0v) is 35.3. The van der Waals surface area contributed by atoms with Gasteiger partial charge in [-0.1, -0.05) is 60.6 Å². The number of ketones is 1. The van der Waals surface area contributed by atoms with Crippen LogP contribution in [0.25, 0.3) is 0 Å². The molecule has 0 bridgehead atoms. The summed E-state index contributed by atoms with van der Waals surface area (Å²) in [5.41, 5.74) is 5.79. The first-order valence-electron chi connectivity index (χ1n) is 19.9. The quantitative estimate of drug-likeness (QED) is 0.0578. The first kappa shape index (κ1) is 51.2. The molecule has 7 amide bonds. The third-order valence-corrected chi connectivity index (χ3v) is 8.42. The van der Waals surface area contributed by atoms with E-state index in [-0.39, 0.29) is 75.8 Å². The molecule has 0 fully saturated rings. The number of unbranched alkanes of at least 4 members (excludes halogenated alkanes) is 1. The molecular formula is C40H67N7O11. The summed E-state index contributed by atoms with van der Waals surface area (Å²) in [7, 11) is 0. The average Bonchev–Trinajstić information content (AvgIpc) is 3.15. The number of alkyl carbamates (subject to hydrolysis) is 1. The van der Waals surface area contributed by atoms with Crippen molar-refractivity contribution in [3.05, 3.63) is 29.8 Å². The Labute approximate surface area is 342 Å². The lowest BCUT2D eigenvalue weighted by atomic mass is 9.96. The van der Waals surface area contributed by atoms with Gasteiger partial charge in [-0.3, -0.25) is 24.0 Å². The molecule has 0 aromatic heterocycles. The van der Waals surface area contributed by atoms with Crippen molar-refractivity contribution in [3.63, 3.8) is 0 Å². The number of urea groups is 1. The molecule has 0 unspecified atom stereocenters. The maximum atomic E-state index is 13.5. The molecule has 0 heterocycles. The molecule has 0 saturated carbocycles. The number of ether oxygens (including phenoxy) is 4. The fourth-order valence-electron chi connectivity index (χ4n) is 4.89. The van der Waals surface area contributed by atoms with Crippen molar-refractivity contribution < 1.29 is 52.5 Å². The number of carbonyl (C=O) groups excluding carboxylic acids is 7. The summed E-state index contributed by atoms with van der Waals surface area (Å²) in [6.07, 6.45) is 0.821. The highest BCUT2D eigenvalue weighted by atomic mass is 16.5. The Kier molecular flexibility index (Phi) is 25.2. The van der Waals surface area contributed by atoms with Gasteiger partial charge < -0.3 is 56.6 Å². The lowest BCUT2D eigenvalue weighted by Gasteiger charge is -2.25. The third kappa shape index (κ3) is 24.1. The van der Waals surface area contributed by atoms with Crippen molar-refractivity contribution in [3.8, 4) is 0 Å². The van der Waals surface area contributed by atoms with E-state index >= 15 is 0 Å². The molecule has 0 saturated heterocycles. The number of anilines is 1. The maximum Gasteiger partial charge on any atom is 0.407 e. The number of carbonyl (C=O) groups is 7. The largest absolute Gasteiger partial charge is 0.445 e. The van der Waals surface area contributed by atoms with E-state index in [1.54, 1.807) is 38.1 Å². The van der Waals surface area contributed by atoms with Crippen molar-refractivity contribution in [1.29, 1.82) is 0 Å². The van der Waals surface area contributed by atoms with Gasteiger partial charge in [-0.15, -0.1) is 0 Å². The molecule has 1 aromatic rings. The van der Waals surface area contributed by atoms with Crippen LogP contribution in [0.3, 0.4) is 0 Å². The monoisotopic (exact) mass is 821 g/mol. The van der Waals surface area contributed by atoms with Gasteiger partial charge in [-0.25, -0.2) is 9.59 Å². The predicted molar refractivity (Wildman–Crippen MR) is 217 cm³/mol. The maximum absolute atomic E-state index is 13.5. The van der Waals surface area contributed by atoms with Gasteiger partial charge in [0.1, 0.15) is 24.5 Å². The van der Waals surface area contributed by atoms with Crippen molar-refractivity contribution in [2.75, 3.05) is 64.6 Å². The Balaban J connectivity index is 2.59. The van der Waals surface area contributed by atoms with Crippen LogP contribution in [0.1, 0.15) is 86.1 Å². The molecule has 0 spiro atoms. The van der Waals surface area contributed by atoms with E-state index in [1.807, 2.05) is 34.6 Å². The van der Waals surface area contributed by atoms with Crippen molar-refractivity contribution in [1.82, 2.24) is 26.6 Å². The van der Waals surface area contributed by atoms with Crippen molar-refractivity contribution in [2.45, 2.75) is 99.3 Å². The van der Waals surface area contributed by atoms with Crippen LogP contribution >= 0.6 is 0 Å². The van der Waals surface area contributed by atoms with Crippen LogP contribution in [0.5, 0.6) is 0 Å². The molecule has 18 heteroatoms. The normalized spacial score (nSPS) is 12.3. The lowest BCUT2D eigenvalue weighted by molar-refractivity contribution is -0.132. The number of nitrogens with two attached hydrogens (primary N) is 1. The number of rotatable bonds is 29. The second-order valence-corrected chi connectivity index (χ2v) is 15.3. The summed E-state index contributed by atoms with van der Waals surface area (Å²) in [6.45, 7) is 15.2. The second-order valence-electron chi connectivity index (χ2n) is 15.3. The molecule has 58 heavy (non-hydrogen) atoms. The molecule has 0 radical (unpaired) electrons. The summed E-state index contributed by atoms with van der Waals surface area (Å²) < 4.78 is 21.5. The molecule has 0 aliphatic rings. The van der Waals surface area contributed by atoms with E-state index in [0.717, 1.165) is 0 Å². The zero-order chi connectivity index (χ0) is 43.5. The third-order valence-electron chi connectivity index (χ3n) is 8.42. The number of Topliss-reactive ketones (excluding diaryl/α,β-unsaturated/α-hetero) is 1. The number of primary amides is 1. The predicted octanol–water partition coefficient (Wildman–Crippen LogP) is 2.53. The summed E-state index contributed by atoms with van der Waals surface area (Å²) in [6, 6.07) is 4.06. The van der Waals surface area contributed by atoms with Gasteiger partial charge in [0.25, 0.3) is 0 Å². The number of amides is 7. The Bertz CT molecular complexity index is 1430. The van der Waals surface area contributed by atoms with Crippen LogP contribution < -0.4 is 37.6 Å². The molecule has 8 N–H and O–H groups in total. The van der Waals surface area contributed by atoms with E-state index in [4.69, 9.17) is 24.7 Å². The Hall–Kier alpha value is -4.81. The van der Waals surface area contributed by atoms with Crippen LogP contribution in [-0.4, -0.2) is 113 Å². The van der Waals surface area contributed by atoms with Gasteiger partial charge in [-0.05, 0) is 42.9 Å². The van der Waals surface area contributed by atoms with E-state index < -0.39 is 47.3 Å². The van der Waals surface area contributed by atoms with Crippen LogP contribution in [-0.2, 0) is 49.5 Å². The molecule has 2 atom stereocenters. The Morgan fingerprint density at radius 3 is 1.88 bits per heavy atom. The topological polar surface area (TPSA) is 255 Å². The molecule has 0 aliphatic carbocycles. The summed E-state index contributed by atoms with van der Waals surface area (Å²) in [4.78, 5) is 86.3. The van der Waals surface area contributed by atoms with Gasteiger partial charge in [0.05, 0.1) is 39.6 Å². The molecule has 1 rings (SSSR count). The minimum atomic E-state index is -0.975. The van der Waals surface area contributed by atoms with Crippen LogP contribution in [0.15, 0.2) is 24.3 Å². The number of benzene rings is 1. The average molecular weight is 822 g/mol. The number of hydrogen-bond donors (Lipinski definition) is 7. The molecule has 328 valence electrons. The fraction of sp³-hybridized carbons (Fsp3) is 0.675. The fourth-order valence-corrected chi connectivity index (χ4v) is 4.89. The second kappa shape index (κ2) is 28.6. The zero-order valence-electron chi connectivity index (χ0n) is 35.3. The van der Waals surface area contributed by atoms with Gasteiger partial charge in [0, 0.05) is 49.5 Å². The lowest BCUT2D eigenvalue weighted by Crippen LogP contribution is -2.54. The van der Waals surface area contributed by atoms with Gasteiger partial charge in [-0.2, -0.15) is 0 Å². The molecular weight excluding hydrogens is 754 g/mol. The highest BCUT2D eigenvalue weighted by molar-refractivity contribution is 5.98.